The molecule has 17 heavy (non-hydrogen) atoms. The third kappa shape index (κ3) is 7.34. The Hall–Kier alpha value is -0.610. The molecule has 1 aliphatic heterocycles. The monoisotopic (exact) mass is 243 g/mol. The van der Waals surface area contributed by atoms with Gasteiger partial charge in [0.15, 0.2) is 0 Å². The smallest absolute Gasteiger partial charge is 0.220 e. The molecule has 0 unspecified atom stereocenters. The number of rotatable bonds is 7. The Kier molecular flexibility index (Phi) is 7.21. The highest BCUT2D eigenvalue weighted by Gasteiger charge is 2.16. The summed E-state index contributed by atoms with van der Waals surface area (Å²) in [4.78, 5) is 11.6. The molecule has 0 aromatic heterocycles. The highest BCUT2D eigenvalue weighted by Crippen LogP contribution is 2.17. The molecule has 1 rings (SSSR count). The van der Waals surface area contributed by atoms with Crippen LogP contribution in [0.25, 0.3) is 0 Å². The van der Waals surface area contributed by atoms with Crippen LogP contribution in [0.4, 0.5) is 0 Å². The Bertz CT molecular complexity index is 213. The van der Waals surface area contributed by atoms with E-state index in [1.165, 1.54) is 0 Å². The van der Waals surface area contributed by atoms with Gasteiger partial charge in [-0.15, -0.1) is 0 Å². The lowest BCUT2D eigenvalue weighted by Gasteiger charge is -2.21. The lowest BCUT2D eigenvalue weighted by molar-refractivity contribution is -0.122. The maximum Gasteiger partial charge on any atom is 0.220 e. The molecule has 0 bridgehead atoms. The van der Waals surface area contributed by atoms with Crippen molar-refractivity contribution in [3.05, 3.63) is 0 Å². The van der Waals surface area contributed by atoms with Crippen LogP contribution in [-0.2, 0) is 14.3 Å². The maximum absolute atomic E-state index is 11.6. The summed E-state index contributed by atoms with van der Waals surface area (Å²) in [7, 11) is 0. The summed E-state index contributed by atoms with van der Waals surface area (Å²) in [5, 5.41) is 2.94. The van der Waals surface area contributed by atoms with Crippen molar-refractivity contribution >= 4 is 5.91 Å². The zero-order valence-corrected chi connectivity index (χ0v) is 11.0. The molecule has 1 aliphatic rings. The van der Waals surface area contributed by atoms with E-state index in [1.807, 2.05) is 13.8 Å². The van der Waals surface area contributed by atoms with Crippen LogP contribution in [-0.4, -0.2) is 38.4 Å². The van der Waals surface area contributed by atoms with Crippen LogP contribution in [0.15, 0.2) is 0 Å². The predicted molar refractivity (Wildman–Crippen MR) is 66.9 cm³/mol. The SMILES string of the molecule is CC(C)OCCCNC(=O)CC1CCOCC1. The molecule has 0 atom stereocenters. The molecule has 0 aromatic carbocycles. The van der Waals surface area contributed by atoms with E-state index in [2.05, 4.69) is 5.32 Å². The normalized spacial score (nSPS) is 17.4. The number of hydrogen-bond acceptors (Lipinski definition) is 3. The molecule has 0 aliphatic carbocycles. The molecular formula is C13H25NO3. The molecule has 1 fully saturated rings. The second-order valence-electron chi connectivity index (χ2n) is 4.88. The molecule has 1 N–H and O–H groups in total. The fraction of sp³-hybridized carbons (Fsp3) is 0.923. The molecule has 1 amide bonds. The third-order valence-electron chi connectivity index (χ3n) is 2.91. The lowest BCUT2D eigenvalue weighted by atomic mass is 9.96. The minimum absolute atomic E-state index is 0.168. The zero-order valence-electron chi connectivity index (χ0n) is 11.0. The van der Waals surface area contributed by atoms with Crippen LogP contribution in [0.3, 0.4) is 0 Å². The molecule has 0 aromatic rings. The van der Waals surface area contributed by atoms with Gasteiger partial charge in [-0.05, 0) is 39.0 Å². The summed E-state index contributed by atoms with van der Waals surface area (Å²) < 4.78 is 10.7. The number of carbonyl (C=O) groups excluding carboxylic acids is 1. The van der Waals surface area contributed by atoms with Gasteiger partial charge in [-0.25, -0.2) is 0 Å². The summed E-state index contributed by atoms with van der Waals surface area (Å²) in [6.45, 7) is 7.08. The summed E-state index contributed by atoms with van der Waals surface area (Å²) in [5.74, 6) is 0.678. The minimum Gasteiger partial charge on any atom is -0.381 e. The highest BCUT2D eigenvalue weighted by molar-refractivity contribution is 5.76. The van der Waals surface area contributed by atoms with E-state index in [0.29, 0.717) is 12.3 Å². The predicted octanol–water partition coefficient (Wildman–Crippen LogP) is 1.73. The minimum atomic E-state index is 0.168. The second-order valence-corrected chi connectivity index (χ2v) is 4.88. The van der Waals surface area contributed by atoms with Gasteiger partial charge in [0.25, 0.3) is 0 Å². The van der Waals surface area contributed by atoms with Gasteiger partial charge >= 0.3 is 0 Å². The Morgan fingerprint density at radius 2 is 2.12 bits per heavy atom. The standard InChI is InChI=1S/C13H25NO3/c1-11(2)17-7-3-6-14-13(15)10-12-4-8-16-9-5-12/h11-12H,3-10H2,1-2H3,(H,14,15). The van der Waals surface area contributed by atoms with Gasteiger partial charge in [-0.1, -0.05) is 0 Å². The fourth-order valence-electron chi connectivity index (χ4n) is 1.90. The third-order valence-corrected chi connectivity index (χ3v) is 2.91. The number of ether oxygens (including phenoxy) is 2. The lowest BCUT2D eigenvalue weighted by Crippen LogP contribution is -2.29. The summed E-state index contributed by atoms with van der Waals surface area (Å²) >= 11 is 0. The van der Waals surface area contributed by atoms with Gasteiger partial charge in [0.1, 0.15) is 0 Å². The van der Waals surface area contributed by atoms with Crippen molar-refractivity contribution < 1.29 is 14.3 Å². The van der Waals surface area contributed by atoms with Gasteiger partial charge < -0.3 is 14.8 Å². The molecule has 0 spiro atoms. The van der Waals surface area contributed by atoms with Crippen LogP contribution in [0.2, 0.25) is 0 Å². The van der Waals surface area contributed by atoms with Crippen LogP contribution < -0.4 is 5.32 Å². The number of nitrogens with one attached hydrogen (secondary N) is 1. The molecule has 1 heterocycles. The van der Waals surface area contributed by atoms with Gasteiger partial charge in [-0.3, -0.25) is 4.79 Å². The van der Waals surface area contributed by atoms with Crippen LogP contribution >= 0.6 is 0 Å². The van der Waals surface area contributed by atoms with Crippen molar-refractivity contribution in [1.29, 1.82) is 0 Å². The van der Waals surface area contributed by atoms with Crippen molar-refractivity contribution in [2.75, 3.05) is 26.4 Å². The van der Waals surface area contributed by atoms with Crippen molar-refractivity contribution in [2.24, 2.45) is 5.92 Å². The molecule has 4 nitrogen and oxygen atoms in total. The van der Waals surface area contributed by atoms with Gasteiger partial charge in [0.05, 0.1) is 6.10 Å². The van der Waals surface area contributed by atoms with Crippen LogP contribution in [0.5, 0.6) is 0 Å². The number of carbonyl (C=O) groups is 1. The highest BCUT2D eigenvalue weighted by atomic mass is 16.5. The van der Waals surface area contributed by atoms with E-state index in [0.717, 1.165) is 45.6 Å². The van der Waals surface area contributed by atoms with E-state index in [-0.39, 0.29) is 12.0 Å². The average Bonchev–Trinajstić information content (AvgIpc) is 2.29. The van der Waals surface area contributed by atoms with E-state index in [9.17, 15) is 4.79 Å². The zero-order chi connectivity index (χ0) is 12.5. The first-order valence-corrected chi connectivity index (χ1v) is 6.64. The first-order chi connectivity index (χ1) is 8.18. The Morgan fingerprint density at radius 1 is 1.41 bits per heavy atom. The Morgan fingerprint density at radius 3 is 2.76 bits per heavy atom. The molecule has 0 radical (unpaired) electrons. The second kappa shape index (κ2) is 8.48. The summed E-state index contributed by atoms with van der Waals surface area (Å²) in [6, 6.07) is 0. The average molecular weight is 243 g/mol. The number of amides is 1. The molecule has 0 saturated carbocycles. The fourth-order valence-corrected chi connectivity index (χ4v) is 1.90. The van der Waals surface area contributed by atoms with Crippen molar-refractivity contribution in [3.63, 3.8) is 0 Å². The topological polar surface area (TPSA) is 47.6 Å². The molecule has 1 saturated heterocycles. The number of hydrogen-bond donors (Lipinski definition) is 1. The van der Waals surface area contributed by atoms with Crippen LogP contribution in [0.1, 0.15) is 39.5 Å². The van der Waals surface area contributed by atoms with Crippen molar-refractivity contribution in [3.8, 4) is 0 Å². The van der Waals surface area contributed by atoms with E-state index < -0.39 is 0 Å². The Labute approximate surface area is 104 Å². The molecular weight excluding hydrogens is 218 g/mol. The summed E-state index contributed by atoms with van der Waals surface area (Å²) in [6.07, 6.45) is 3.84. The van der Waals surface area contributed by atoms with Gasteiger partial charge in [0, 0.05) is 32.8 Å². The maximum atomic E-state index is 11.6. The molecule has 100 valence electrons. The molecule has 4 heteroatoms. The first kappa shape index (κ1) is 14.5. The van der Waals surface area contributed by atoms with Gasteiger partial charge in [-0.2, -0.15) is 0 Å². The quantitative estimate of drug-likeness (QED) is 0.693. The Balaban J connectivity index is 1.97. The first-order valence-electron chi connectivity index (χ1n) is 6.64. The summed E-state index contributed by atoms with van der Waals surface area (Å²) in [5.41, 5.74) is 0. The van der Waals surface area contributed by atoms with Crippen molar-refractivity contribution in [2.45, 2.75) is 45.6 Å². The van der Waals surface area contributed by atoms with Gasteiger partial charge in [0.2, 0.25) is 5.91 Å². The van der Waals surface area contributed by atoms with Crippen molar-refractivity contribution in [1.82, 2.24) is 5.32 Å². The van der Waals surface area contributed by atoms with E-state index in [4.69, 9.17) is 9.47 Å². The van der Waals surface area contributed by atoms with Crippen LogP contribution in [0, 0.1) is 5.92 Å². The largest absolute Gasteiger partial charge is 0.381 e. The van der Waals surface area contributed by atoms with E-state index in [1.54, 1.807) is 0 Å². The van der Waals surface area contributed by atoms with E-state index >= 15 is 0 Å².